The van der Waals surface area contributed by atoms with Gasteiger partial charge in [0.1, 0.15) is 5.75 Å². The molecule has 1 unspecified atom stereocenters. The second-order valence-electron chi connectivity index (χ2n) is 7.81. The highest BCUT2D eigenvalue weighted by molar-refractivity contribution is 8.06. The summed E-state index contributed by atoms with van der Waals surface area (Å²) in [5.41, 5.74) is 1.66. The molecule has 0 spiro atoms. The Bertz CT molecular complexity index is 776. The number of ketones is 1. The Morgan fingerprint density at radius 1 is 1.44 bits per heavy atom. The Hall–Kier alpha value is -1.43. The number of ether oxygens (including phenoxy) is 2. The zero-order valence-electron chi connectivity index (χ0n) is 16.3. The van der Waals surface area contributed by atoms with Gasteiger partial charge < -0.3 is 14.4 Å². The van der Waals surface area contributed by atoms with E-state index in [4.69, 9.17) is 21.1 Å². The predicted molar refractivity (Wildman–Crippen MR) is 111 cm³/mol. The molecule has 1 saturated heterocycles. The fraction of sp³-hybridized carbons (Fsp3) is 0.476. The molecule has 3 rings (SSSR count). The van der Waals surface area contributed by atoms with Crippen LogP contribution >= 0.6 is 23.4 Å². The lowest BCUT2D eigenvalue weighted by atomic mass is 9.91. The van der Waals surface area contributed by atoms with Gasteiger partial charge in [0.2, 0.25) is 0 Å². The van der Waals surface area contributed by atoms with Crippen LogP contribution in [-0.4, -0.2) is 37.0 Å². The summed E-state index contributed by atoms with van der Waals surface area (Å²) in [6.07, 6.45) is 4.04. The molecule has 1 aromatic rings. The molecule has 1 atom stereocenters. The van der Waals surface area contributed by atoms with Crippen LogP contribution in [0.3, 0.4) is 0 Å². The molecule has 0 amide bonds. The van der Waals surface area contributed by atoms with Crippen molar-refractivity contribution >= 4 is 29.1 Å². The van der Waals surface area contributed by atoms with E-state index in [9.17, 15) is 4.79 Å². The van der Waals surface area contributed by atoms with Gasteiger partial charge >= 0.3 is 0 Å². The van der Waals surface area contributed by atoms with Crippen LogP contribution in [0.25, 0.3) is 0 Å². The maximum Gasteiger partial charge on any atom is 0.192 e. The normalized spacial score (nSPS) is 21.7. The number of allylic oxidation sites excluding steroid dienone is 2. The zero-order chi connectivity index (χ0) is 19.6. The van der Waals surface area contributed by atoms with Crippen molar-refractivity contribution in [3.05, 3.63) is 51.0 Å². The predicted octanol–water partition coefficient (Wildman–Crippen LogP) is 5.49. The maximum atomic E-state index is 13.0. The highest BCUT2D eigenvalue weighted by Crippen LogP contribution is 2.43. The number of hydrogen-bond donors (Lipinski definition) is 0. The van der Waals surface area contributed by atoms with Crippen LogP contribution in [0.5, 0.6) is 5.75 Å². The molecule has 27 heavy (non-hydrogen) atoms. The Morgan fingerprint density at radius 2 is 2.22 bits per heavy atom. The fourth-order valence-corrected chi connectivity index (χ4v) is 4.66. The molecule has 1 fully saturated rings. The standard InChI is InChI=1S/C21H26ClNO3S/c1-21(2,3)19-13-27-20(23(19)12-15-6-5-9-26-15)11-17(24)16-10-14(22)7-8-18(16)25-4/h7-8,10-11,13,15H,5-6,9,12H2,1-4H3. The van der Waals surface area contributed by atoms with Crippen molar-refractivity contribution in [2.75, 3.05) is 20.3 Å². The number of rotatable bonds is 5. The fourth-order valence-electron chi connectivity index (χ4n) is 3.30. The Morgan fingerprint density at radius 3 is 2.85 bits per heavy atom. The molecule has 0 aromatic heterocycles. The summed E-state index contributed by atoms with van der Waals surface area (Å²) in [4.78, 5) is 15.2. The third-order valence-electron chi connectivity index (χ3n) is 4.71. The number of carbonyl (C=O) groups is 1. The van der Waals surface area contributed by atoms with Crippen LogP contribution in [-0.2, 0) is 4.74 Å². The minimum absolute atomic E-state index is 0.0159. The van der Waals surface area contributed by atoms with Crippen molar-refractivity contribution in [3.8, 4) is 5.75 Å². The SMILES string of the molecule is COc1ccc(Cl)cc1C(=O)C=C1SC=C(C(C)(C)C)N1CC1CCCO1. The third-order valence-corrected chi connectivity index (χ3v) is 5.86. The van der Waals surface area contributed by atoms with Crippen LogP contribution in [0, 0.1) is 5.41 Å². The van der Waals surface area contributed by atoms with E-state index in [1.54, 1.807) is 43.1 Å². The summed E-state index contributed by atoms with van der Waals surface area (Å²) in [6, 6.07) is 5.10. The van der Waals surface area contributed by atoms with Gasteiger partial charge in [-0.15, -0.1) is 0 Å². The van der Waals surface area contributed by atoms with Crippen LogP contribution in [0.15, 0.2) is 40.4 Å². The number of thioether (sulfide) groups is 1. The van der Waals surface area contributed by atoms with Crippen molar-refractivity contribution in [1.29, 1.82) is 0 Å². The lowest BCUT2D eigenvalue weighted by Crippen LogP contribution is -2.33. The van der Waals surface area contributed by atoms with Crippen LogP contribution in [0.4, 0.5) is 0 Å². The van der Waals surface area contributed by atoms with Gasteiger partial charge in [-0.2, -0.15) is 0 Å². The van der Waals surface area contributed by atoms with Gasteiger partial charge in [0, 0.05) is 35.4 Å². The van der Waals surface area contributed by atoms with Crippen molar-refractivity contribution in [3.63, 3.8) is 0 Å². The third kappa shape index (κ3) is 4.71. The Kier molecular flexibility index (Phi) is 6.24. The topological polar surface area (TPSA) is 38.8 Å². The first kappa shape index (κ1) is 20.3. The lowest BCUT2D eigenvalue weighted by molar-refractivity contribution is 0.0883. The smallest absolute Gasteiger partial charge is 0.192 e. The van der Waals surface area contributed by atoms with E-state index >= 15 is 0 Å². The number of nitrogens with zero attached hydrogens (tertiary/aromatic N) is 1. The molecule has 2 aliphatic heterocycles. The lowest BCUT2D eigenvalue weighted by Gasteiger charge is -2.33. The quantitative estimate of drug-likeness (QED) is 0.476. The Labute approximate surface area is 170 Å². The molecule has 1 aromatic carbocycles. The molecule has 2 heterocycles. The molecule has 2 aliphatic rings. The Balaban J connectivity index is 1.89. The van der Waals surface area contributed by atoms with Crippen molar-refractivity contribution in [2.24, 2.45) is 5.41 Å². The molecular formula is C21H26ClNO3S. The van der Waals surface area contributed by atoms with Gasteiger partial charge in [-0.3, -0.25) is 4.79 Å². The van der Waals surface area contributed by atoms with Gasteiger partial charge in [-0.05, 0) is 36.4 Å². The number of methoxy groups -OCH3 is 1. The largest absolute Gasteiger partial charge is 0.496 e. The molecular weight excluding hydrogens is 382 g/mol. The summed E-state index contributed by atoms with van der Waals surface area (Å²) < 4.78 is 11.2. The van der Waals surface area contributed by atoms with Gasteiger partial charge in [-0.1, -0.05) is 44.1 Å². The van der Waals surface area contributed by atoms with Crippen molar-refractivity contribution < 1.29 is 14.3 Å². The van der Waals surface area contributed by atoms with Gasteiger partial charge in [0.15, 0.2) is 5.78 Å². The monoisotopic (exact) mass is 407 g/mol. The van der Waals surface area contributed by atoms with Crippen LogP contribution in [0.2, 0.25) is 5.02 Å². The maximum absolute atomic E-state index is 13.0. The summed E-state index contributed by atoms with van der Waals surface area (Å²) in [7, 11) is 1.56. The first-order chi connectivity index (χ1) is 12.8. The molecule has 6 heteroatoms. The van der Waals surface area contributed by atoms with Crippen LogP contribution < -0.4 is 4.74 Å². The van der Waals surface area contributed by atoms with Gasteiger partial charge in [-0.25, -0.2) is 0 Å². The highest BCUT2D eigenvalue weighted by Gasteiger charge is 2.33. The summed E-state index contributed by atoms with van der Waals surface area (Å²) in [5, 5.41) is 3.58. The molecule has 0 bridgehead atoms. The average molecular weight is 408 g/mol. The van der Waals surface area contributed by atoms with E-state index in [1.165, 1.54) is 5.70 Å². The first-order valence-corrected chi connectivity index (χ1v) is 10.4. The molecule has 0 radical (unpaired) electrons. The van der Waals surface area contributed by atoms with Crippen LogP contribution in [0.1, 0.15) is 44.0 Å². The number of hydrogen-bond acceptors (Lipinski definition) is 5. The van der Waals surface area contributed by atoms with E-state index in [1.807, 2.05) is 0 Å². The van der Waals surface area contributed by atoms with Gasteiger partial charge in [0.05, 0.1) is 23.8 Å². The minimum atomic E-state index is -0.113. The molecule has 0 aliphatic carbocycles. The average Bonchev–Trinajstić information content (AvgIpc) is 3.25. The molecule has 0 saturated carbocycles. The van der Waals surface area contributed by atoms with E-state index in [2.05, 4.69) is 31.1 Å². The number of carbonyl (C=O) groups excluding carboxylic acids is 1. The van der Waals surface area contributed by atoms with E-state index in [0.717, 1.165) is 31.0 Å². The molecule has 146 valence electrons. The molecule has 4 nitrogen and oxygen atoms in total. The minimum Gasteiger partial charge on any atom is -0.496 e. The molecule has 0 N–H and O–H groups in total. The van der Waals surface area contributed by atoms with Crippen molar-refractivity contribution in [1.82, 2.24) is 4.90 Å². The zero-order valence-corrected chi connectivity index (χ0v) is 17.8. The van der Waals surface area contributed by atoms with E-state index in [0.29, 0.717) is 16.3 Å². The van der Waals surface area contributed by atoms with Gasteiger partial charge in [0.25, 0.3) is 0 Å². The highest BCUT2D eigenvalue weighted by atomic mass is 35.5. The summed E-state index contributed by atoms with van der Waals surface area (Å²) in [5.74, 6) is 0.414. The number of benzene rings is 1. The number of halogens is 1. The first-order valence-electron chi connectivity index (χ1n) is 9.15. The summed E-state index contributed by atoms with van der Waals surface area (Å²) in [6.45, 7) is 8.14. The van der Waals surface area contributed by atoms with E-state index < -0.39 is 0 Å². The second-order valence-corrected chi connectivity index (χ2v) is 9.13. The van der Waals surface area contributed by atoms with Crippen molar-refractivity contribution in [2.45, 2.75) is 39.7 Å². The summed E-state index contributed by atoms with van der Waals surface area (Å²) >= 11 is 7.67. The van der Waals surface area contributed by atoms with E-state index in [-0.39, 0.29) is 17.3 Å². The second kappa shape index (κ2) is 8.29.